The highest BCUT2D eigenvalue weighted by Crippen LogP contribution is 2.29. The summed E-state index contributed by atoms with van der Waals surface area (Å²) in [5, 5.41) is 2.37. The molecule has 0 unspecified atom stereocenters. The Balaban J connectivity index is 1.83. The number of anilines is 1. The van der Waals surface area contributed by atoms with E-state index in [4.69, 9.17) is 4.74 Å². The second-order valence-electron chi connectivity index (χ2n) is 5.57. The van der Waals surface area contributed by atoms with E-state index in [1.54, 1.807) is 6.92 Å². The molecule has 0 aliphatic heterocycles. The highest BCUT2D eigenvalue weighted by Gasteiger charge is 2.29. The van der Waals surface area contributed by atoms with Gasteiger partial charge < -0.3 is 10.1 Å². The van der Waals surface area contributed by atoms with E-state index in [9.17, 15) is 27.2 Å². The van der Waals surface area contributed by atoms with Crippen LogP contribution in [0.5, 0.6) is 0 Å². The molecule has 8 heteroatoms. The Bertz CT molecular complexity index is 858. The van der Waals surface area contributed by atoms with Crippen molar-refractivity contribution in [2.45, 2.75) is 13.1 Å². The normalized spacial score (nSPS) is 11.4. The van der Waals surface area contributed by atoms with E-state index in [2.05, 4.69) is 5.32 Å². The summed E-state index contributed by atoms with van der Waals surface area (Å²) in [4.78, 5) is 23.2. The lowest BCUT2D eigenvalue weighted by molar-refractivity contribution is -0.142. The van der Waals surface area contributed by atoms with Gasteiger partial charge in [-0.2, -0.15) is 13.2 Å². The number of alkyl halides is 3. The third-order valence-corrected chi connectivity index (χ3v) is 3.45. The molecule has 2 rings (SSSR count). The number of nitrogens with one attached hydrogen (secondary N) is 1. The summed E-state index contributed by atoms with van der Waals surface area (Å²) in [6.45, 7) is 0.984. The standard InChI is InChI=1S/C19H15F4NO3/c1-12-2-8-15(10-16(12)20)24-17(25)11-27-18(26)9-5-13-3-6-14(7-4-13)19(21,22)23/h2-10H,11H2,1H3,(H,24,25)/b9-5+. The molecule has 0 saturated heterocycles. The third kappa shape index (κ3) is 6.25. The van der Waals surface area contributed by atoms with Gasteiger partial charge in [0.25, 0.3) is 5.91 Å². The van der Waals surface area contributed by atoms with E-state index in [1.807, 2.05) is 0 Å². The lowest BCUT2D eigenvalue weighted by Gasteiger charge is -2.07. The number of hydrogen-bond acceptors (Lipinski definition) is 3. The molecule has 1 amide bonds. The van der Waals surface area contributed by atoms with Crippen LogP contribution in [0.3, 0.4) is 0 Å². The largest absolute Gasteiger partial charge is 0.452 e. The van der Waals surface area contributed by atoms with Crippen LogP contribution in [0.4, 0.5) is 23.2 Å². The first kappa shape index (κ1) is 20.2. The Kier molecular flexibility index (Phi) is 6.33. The number of carbonyl (C=O) groups is 2. The molecule has 142 valence electrons. The second kappa shape index (κ2) is 8.48. The van der Waals surface area contributed by atoms with Crippen molar-refractivity contribution in [3.05, 3.63) is 71.0 Å². The Labute approximate surface area is 152 Å². The summed E-state index contributed by atoms with van der Waals surface area (Å²) in [6, 6.07) is 8.31. The number of benzene rings is 2. The Morgan fingerprint density at radius 3 is 2.37 bits per heavy atom. The predicted octanol–water partition coefficient (Wildman–Crippen LogP) is 4.35. The summed E-state index contributed by atoms with van der Waals surface area (Å²) < 4.78 is 55.5. The second-order valence-corrected chi connectivity index (χ2v) is 5.57. The fourth-order valence-electron chi connectivity index (χ4n) is 2.00. The number of carbonyl (C=O) groups excluding carboxylic acids is 2. The molecule has 27 heavy (non-hydrogen) atoms. The van der Waals surface area contributed by atoms with E-state index in [0.29, 0.717) is 11.1 Å². The molecule has 4 nitrogen and oxygen atoms in total. The lowest BCUT2D eigenvalue weighted by atomic mass is 10.1. The maximum absolute atomic E-state index is 13.4. The number of amides is 1. The minimum absolute atomic E-state index is 0.222. The van der Waals surface area contributed by atoms with Crippen LogP contribution in [0, 0.1) is 12.7 Å². The van der Waals surface area contributed by atoms with Crippen LogP contribution >= 0.6 is 0 Å². The van der Waals surface area contributed by atoms with Crippen molar-refractivity contribution in [1.29, 1.82) is 0 Å². The van der Waals surface area contributed by atoms with Crippen molar-refractivity contribution in [3.8, 4) is 0 Å². The van der Waals surface area contributed by atoms with E-state index in [1.165, 1.54) is 30.3 Å². The van der Waals surface area contributed by atoms with Crippen LogP contribution in [0.1, 0.15) is 16.7 Å². The highest BCUT2D eigenvalue weighted by atomic mass is 19.4. The van der Waals surface area contributed by atoms with Gasteiger partial charge in [0, 0.05) is 11.8 Å². The van der Waals surface area contributed by atoms with Crippen molar-refractivity contribution in [2.75, 3.05) is 11.9 Å². The fourth-order valence-corrected chi connectivity index (χ4v) is 2.00. The Hall–Kier alpha value is -3.16. The van der Waals surface area contributed by atoms with Crippen LogP contribution in [0.15, 0.2) is 48.5 Å². The van der Waals surface area contributed by atoms with E-state index in [0.717, 1.165) is 24.3 Å². The summed E-state index contributed by atoms with van der Waals surface area (Å²) in [5.41, 5.74) is 0.207. The molecule has 2 aromatic rings. The van der Waals surface area contributed by atoms with Gasteiger partial charge in [-0.1, -0.05) is 18.2 Å². The van der Waals surface area contributed by atoms with Gasteiger partial charge in [0.1, 0.15) is 5.82 Å². The molecule has 0 radical (unpaired) electrons. The minimum Gasteiger partial charge on any atom is -0.452 e. The number of rotatable bonds is 5. The Morgan fingerprint density at radius 1 is 1.11 bits per heavy atom. The molecule has 1 N–H and O–H groups in total. The van der Waals surface area contributed by atoms with Gasteiger partial charge in [-0.05, 0) is 48.4 Å². The summed E-state index contributed by atoms with van der Waals surface area (Å²) in [6.07, 6.45) is -2.19. The predicted molar refractivity (Wildman–Crippen MR) is 91.2 cm³/mol. The van der Waals surface area contributed by atoms with Crippen LogP contribution in [0.25, 0.3) is 6.08 Å². The Morgan fingerprint density at radius 2 is 1.78 bits per heavy atom. The number of esters is 1. The number of aryl methyl sites for hydroxylation is 1. The molecule has 0 saturated carbocycles. The van der Waals surface area contributed by atoms with Gasteiger partial charge in [0.15, 0.2) is 6.61 Å². The number of hydrogen-bond donors (Lipinski definition) is 1. The van der Waals surface area contributed by atoms with Gasteiger partial charge in [0.2, 0.25) is 0 Å². The van der Waals surface area contributed by atoms with Crippen molar-refractivity contribution in [2.24, 2.45) is 0 Å². The van der Waals surface area contributed by atoms with Gasteiger partial charge in [0.05, 0.1) is 5.56 Å². The first-order chi connectivity index (χ1) is 12.6. The van der Waals surface area contributed by atoms with Gasteiger partial charge in [-0.3, -0.25) is 4.79 Å². The summed E-state index contributed by atoms with van der Waals surface area (Å²) in [7, 11) is 0. The SMILES string of the molecule is Cc1ccc(NC(=O)COC(=O)/C=C/c2ccc(C(F)(F)F)cc2)cc1F. The smallest absolute Gasteiger partial charge is 0.416 e. The van der Waals surface area contributed by atoms with Crippen LogP contribution in [0.2, 0.25) is 0 Å². The van der Waals surface area contributed by atoms with Crippen LogP contribution in [-0.2, 0) is 20.5 Å². The van der Waals surface area contributed by atoms with Gasteiger partial charge >= 0.3 is 12.1 Å². The summed E-state index contributed by atoms with van der Waals surface area (Å²) in [5.74, 6) is -1.99. The fraction of sp³-hybridized carbons (Fsp3) is 0.158. The molecule has 0 bridgehead atoms. The quantitative estimate of drug-likeness (QED) is 0.476. The molecule has 0 fully saturated rings. The molecule has 0 spiro atoms. The maximum Gasteiger partial charge on any atom is 0.416 e. The molecule has 0 aliphatic rings. The van der Waals surface area contributed by atoms with Crippen molar-refractivity contribution < 1.29 is 31.9 Å². The molecule has 0 aromatic heterocycles. The monoisotopic (exact) mass is 381 g/mol. The van der Waals surface area contributed by atoms with Crippen molar-refractivity contribution in [1.82, 2.24) is 0 Å². The zero-order valence-corrected chi connectivity index (χ0v) is 14.1. The highest BCUT2D eigenvalue weighted by molar-refractivity contribution is 5.94. The van der Waals surface area contributed by atoms with E-state index >= 15 is 0 Å². The molecule has 0 heterocycles. The topological polar surface area (TPSA) is 55.4 Å². The number of halogens is 4. The van der Waals surface area contributed by atoms with Gasteiger partial charge in [-0.15, -0.1) is 0 Å². The lowest BCUT2D eigenvalue weighted by Crippen LogP contribution is -2.20. The van der Waals surface area contributed by atoms with Crippen molar-refractivity contribution in [3.63, 3.8) is 0 Å². The van der Waals surface area contributed by atoms with Crippen LogP contribution < -0.4 is 5.32 Å². The van der Waals surface area contributed by atoms with Crippen molar-refractivity contribution >= 4 is 23.6 Å². The average molecular weight is 381 g/mol. The molecular formula is C19H15F4NO3. The van der Waals surface area contributed by atoms with E-state index in [-0.39, 0.29) is 5.69 Å². The van der Waals surface area contributed by atoms with E-state index < -0.39 is 36.0 Å². The maximum atomic E-state index is 13.4. The molecule has 2 aromatic carbocycles. The summed E-state index contributed by atoms with van der Waals surface area (Å²) >= 11 is 0. The third-order valence-electron chi connectivity index (χ3n) is 3.45. The zero-order chi connectivity index (χ0) is 20.0. The molecular weight excluding hydrogens is 366 g/mol. The van der Waals surface area contributed by atoms with Gasteiger partial charge in [-0.25, -0.2) is 9.18 Å². The minimum atomic E-state index is -4.44. The molecule has 0 aliphatic carbocycles. The molecule has 0 atom stereocenters. The first-order valence-corrected chi connectivity index (χ1v) is 7.73. The number of ether oxygens (including phenoxy) is 1. The zero-order valence-electron chi connectivity index (χ0n) is 14.1. The van der Waals surface area contributed by atoms with Crippen LogP contribution in [-0.4, -0.2) is 18.5 Å². The first-order valence-electron chi connectivity index (χ1n) is 7.73. The average Bonchev–Trinajstić information content (AvgIpc) is 2.61.